The smallest absolute Gasteiger partial charge is 0.224 e. The molecular formula is C12H18ClNOS. The average molecular weight is 260 g/mol. The summed E-state index contributed by atoms with van der Waals surface area (Å²) in [6.07, 6.45) is 2.52. The Morgan fingerprint density at radius 2 is 2.44 bits per heavy atom. The molecule has 1 amide bonds. The highest BCUT2D eigenvalue weighted by Gasteiger charge is 2.08. The van der Waals surface area contributed by atoms with E-state index in [1.165, 1.54) is 0 Å². The zero-order chi connectivity index (χ0) is 11.8. The molecule has 0 aliphatic carbocycles. The molecule has 0 aliphatic heterocycles. The van der Waals surface area contributed by atoms with E-state index in [0.29, 0.717) is 18.2 Å². The number of halogens is 1. The van der Waals surface area contributed by atoms with E-state index in [4.69, 9.17) is 11.6 Å². The Bertz CT molecular complexity index is 300. The Hall–Kier alpha value is -0.540. The van der Waals surface area contributed by atoms with Gasteiger partial charge in [0.2, 0.25) is 5.91 Å². The summed E-state index contributed by atoms with van der Waals surface area (Å²) in [6.45, 7) is 2.87. The van der Waals surface area contributed by atoms with Crippen molar-refractivity contribution in [1.82, 2.24) is 5.32 Å². The molecule has 0 aromatic carbocycles. The molecule has 1 aromatic heterocycles. The third kappa shape index (κ3) is 4.99. The Morgan fingerprint density at radius 1 is 1.62 bits per heavy atom. The van der Waals surface area contributed by atoms with E-state index < -0.39 is 0 Å². The lowest BCUT2D eigenvalue weighted by molar-refractivity contribution is -0.120. The van der Waals surface area contributed by atoms with Crippen molar-refractivity contribution in [2.24, 2.45) is 5.92 Å². The van der Waals surface area contributed by atoms with Crippen molar-refractivity contribution >= 4 is 28.8 Å². The highest BCUT2D eigenvalue weighted by atomic mass is 35.5. The molecule has 1 aromatic rings. The highest BCUT2D eigenvalue weighted by Crippen LogP contribution is 2.09. The number of rotatable bonds is 7. The summed E-state index contributed by atoms with van der Waals surface area (Å²) in [6, 6.07) is 1.99. The predicted molar refractivity (Wildman–Crippen MR) is 70.2 cm³/mol. The zero-order valence-electron chi connectivity index (χ0n) is 9.54. The third-order valence-electron chi connectivity index (χ3n) is 2.63. The fourth-order valence-corrected chi connectivity index (χ4v) is 2.48. The van der Waals surface area contributed by atoms with Gasteiger partial charge in [-0.15, -0.1) is 11.6 Å². The zero-order valence-corrected chi connectivity index (χ0v) is 11.1. The van der Waals surface area contributed by atoms with Crippen LogP contribution in [0.4, 0.5) is 0 Å². The summed E-state index contributed by atoms with van der Waals surface area (Å²) in [5.41, 5.74) is 1.09. The number of carbonyl (C=O) groups excluding carboxylic acids is 1. The Labute approximate surface area is 106 Å². The van der Waals surface area contributed by atoms with Gasteiger partial charge in [0.1, 0.15) is 0 Å². The Kier molecular flexibility index (Phi) is 6.50. The molecule has 0 bridgehead atoms. The number of amides is 1. The molecule has 1 atom stereocenters. The number of nitrogens with one attached hydrogen (secondary N) is 1. The molecule has 0 aliphatic rings. The molecule has 1 unspecified atom stereocenters. The molecule has 0 fully saturated rings. The fraction of sp³-hybridized carbons (Fsp3) is 0.583. The van der Waals surface area contributed by atoms with E-state index in [1.54, 1.807) is 11.3 Å². The van der Waals surface area contributed by atoms with Crippen molar-refractivity contribution in [2.45, 2.75) is 26.2 Å². The van der Waals surface area contributed by atoms with Gasteiger partial charge in [-0.05, 0) is 34.7 Å². The van der Waals surface area contributed by atoms with Crippen LogP contribution in [-0.4, -0.2) is 18.3 Å². The minimum Gasteiger partial charge on any atom is -0.356 e. The second-order valence-electron chi connectivity index (χ2n) is 3.86. The van der Waals surface area contributed by atoms with Gasteiger partial charge in [-0.1, -0.05) is 13.3 Å². The van der Waals surface area contributed by atoms with Crippen LogP contribution in [0.1, 0.15) is 25.3 Å². The van der Waals surface area contributed by atoms with Crippen LogP contribution < -0.4 is 5.32 Å². The quantitative estimate of drug-likeness (QED) is 0.750. The number of hydrogen-bond acceptors (Lipinski definition) is 2. The van der Waals surface area contributed by atoms with Crippen molar-refractivity contribution in [3.63, 3.8) is 0 Å². The molecule has 4 heteroatoms. The first kappa shape index (κ1) is 13.5. The molecule has 0 radical (unpaired) electrons. The number of hydrogen-bond donors (Lipinski definition) is 1. The van der Waals surface area contributed by atoms with Gasteiger partial charge < -0.3 is 5.32 Å². The first-order valence-corrected chi connectivity index (χ1v) is 7.07. The van der Waals surface area contributed by atoms with Crippen LogP contribution in [0.3, 0.4) is 0 Å². The van der Waals surface area contributed by atoms with Gasteiger partial charge in [0.25, 0.3) is 0 Å². The van der Waals surface area contributed by atoms with Gasteiger partial charge in [0.15, 0.2) is 0 Å². The van der Waals surface area contributed by atoms with Crippen LogP contribution in [0, 0.1) is 5.92 Å². The lowest BCUT2D eigenvalue weighted by Gasteiger charge is -2.13. The first-order valence-electron chi connectivity index (χ1n) is 5.60. The van der Waals surface area contributed by atoms with Crippen molar-refractivity contribution in [2.75, 3.05) is 12.4 Å². The summed E-state index contributed by atoms with van der Waals surface area (Å²) in [5, 5.41) is 6.96. The second kappa shape index (κ2) is 7.69. The molecule has 2 nitrogen and oxygen atoms in total. The van der Waals surface area contributed by atoms with E-state index in [-0.39, 0.29) is 5.91 Å². The van der Waals surface area contributed by atoms with E-state index in [2.05, 4.69) is 12.2 Å². The standard InChI is InChI=1S/C12H18ClNOS/c1-2-10(3-5-13)8-14-12(15)7-11-4-6-16-9-11/h4,6,9-10H,2-3,5,7-8H2,1H3,(H,14,15). The molecule has 0 spiro atoms. The SMILES string of the molecule is CCC(CCCl)CNC(=O)Cc1ccsc1. The van der Waals surface area contributed by atoms with Crippen molar-refractivity contribution in [1.29, 1.82) is 0 Å². The Balaban J connectivity index is 2.24. The maximum absolute atomic E-state index is 11.6. The summed E-state index contributed by atoms with van der Waals surface area (Å²) >= 11 is 7.32. The Morgan fingerprint density at radius 3 is 3.00 bits per heavy atom. The monoisotopic (exact) mass is 259 g/mol. The van der Waals surface area contributed by atoms with E-state index >= 15 is 0 Å². The van der Waals surface area contributed by atoms with E-state index in [0.717, 1.165) is 24.9 Å². The van der Waals surface area contributed by atoms with Gasteiger partial charge in [-0.25, -0.2) is 0 Å². The molecule has 1 heterocycles. The molecule has 0 saturated heterocycles. The minimum atomic E-state index is 0.103. The van der Waals surface area contributed by atoms with Crippen LogP contribution in [0.15, 0.2) is 16.8 Å². The summed E-state index contributed by atoms with van der Waals surface area (Å²) < 4.78 is 0. The maximum atomic E-state index is 11.6. The lowest BCUT2D eigenvalue weighted by Crippen LogP contribution is -2.30. The van der Waals surface area contributed by atoms with Gasteiger partial charge in [0.05, 0.1) is 6.42 Å². The molecular weight excluding hydrogens is 242 g/mol. The average Bonchev–Trinajstić information content (AvgIpc) is 2.76. The molecule has 0 saturated carbocycles. The van der Waals surface area contributed by atoms with Crippen LogP contribution in [0.25, 0.3) is 0 Å². The first-order chi connectivity index (χ1) is 7.76. The molecule has 16 heavy (non-hydrogen) atoms. The third-order valence-corrected chi connectivity index (χ3v) is 3.58. The van der Waals surface area contributed by atoms with Crippen LogP contribution in [0.5, 0.6) is 0 Å². The lowest BCUT2D eigenvalue weighted by atomic mass is 10.0. The van der Waals surface area contributed by atoms with E-state index in [1.807, 2.05) is 16.8 Å². The van der Waals surface area contributed by atoms with Crippen LogP contribution in [0.2, 0.25) is 0 Å². The van der Waals surface area contributed by atoms with Gasteiger partial charge >= 0.3 is 0 Å². The predicted octanol–water partition coefficient (Wildman–Crippen LogP) is 3.06. The fourth-order valence-electron chi connectivity index (χ4n) is 1.50. The summed E-state index contributed by atoms with van der Waals surface area (Å²) in [5.74, 6) is 1.27. The van der Waals surface area contributed by atoms with Crippen molar-refractivity contribution in [3.05, 3.63) is 22.4 Å². The van der Waals surface area contributed by atoms with Crippen LogP contribution >= 0.6 is 22.9 Å². The minimum absolute atomic E-state index is 0.103. The van der Waals surface area contributed by atoms with Gasteiger partial charge in [-0.2, -0.15) is 11.3 Å². The van der Waals surface area contributed by atoms with Crippen molar-refractivity contribution in [3.8, 4) is 0 Å². The maximum Gasteiger partial charge on any atom is 0.224 e. The topological polar surface area (TPSA) is 29.1 Å². The van der Waals surface area contributed by atoms with Gasteiger partial charge in [-0.3, -0.25) is 4.79 Å². The molecule has 1 rings (SSSR count). The number of thiophene rings is 1. The molecule has 1 N–H and O–H groups in total. The number of carbonyl (C=O) groups is 1. The van der Waals surface area contributed by atoms with Crippen molar-refractivity contribution < 1.29 is 4.79 Å². The second-order valence-corrected chi connectivity index (χ2v) is 5.02. The molecule has 90 valence electrons. The summed E-state index contributed by atoms with van der Waals surface area (Å²) in [7, 11) is 0. The van der Waals surface area contributed by atoms with E-state index in [9.17, 15) is 4.79 Å². The summed E-state index contributed by atoms with van der Waals surface area (Å²) in [4.78, 5) is 11.6. The van der Waals surface area contributed by atoms with Gasteiger partial charge in [0, 0.05) is 12.4 Å². The largest absolute Gasteiger partial charge is 0.356 e. The van der Waals surface area contributed by atoms with Crippen LogP contribution in [-0.2, 0) is 11.2 Å². The highest BCUT2D eigenvalue weighted by molar-refractivity contribution is 7.07. The number of alkyl halides is 1. The normalized spacial score (nSPS) is 12.4.